The molecule has 21 heavy (non-hydrogen) atoms. The first-order valence-corrected chi connectivity index (χ1v) is 7.87. The lowest BCUT2D eigenvalue weighted by Crippen LogP contribution is -1.96. The van der Waals surface area contributed by atoms with Gasteiger partial charge in [-0.3, -0.25) is 4.79 Å². The largest absolute Gasteiger partial charge is 0.496 e. The van der Waals surface area contributed by atoms with Gasteiger partial charge in [-0.1, -0.05) is 35.9 Å². The van der Waals surface area contributed by atoms with Crippen LogP contribution in [0.2, 0.25) is 0 Å². The molecule has 2 aromatic rings. The molecule has 0 aliphatic rings. The quantitative estimate of drug-likeness (QED) is 0.457. The first-order chi connectivity index (χ1) is 10.1. The Morgan fingerprint density at radius 3 is 2.48 bits per heavy atom. The molecule has 2 rings (SSSR count). The van der Waals surface area contributed by atoms with Crippen LogP contribution >= 0.6 is 11.8 Å². The molecule has 0 radical (unpaired) electrons. The third-order valence-electron chi connectivity index (χ3n) is 3.17. The van der Waals surface area contributed by atoms with E-state index in [0.717, 1.165) is 16.2 Å². The van der Waals surface area contributed by atoms with E-state index in [-0.39, 0.29) is 5.78 Å². The third-order valence-corrected chi connectivity index (χ3v) is 3.95. The van der Waals surface area contributed by atoms with Gasteiger partial charge in [-0.15, -0.1) is 11.8 Å². The Kier molecular flexibility index (Phi) is 5.23. The fraction of sp³-hybridized carbons (Fsp3) is 0.167. The fourth-order valence-corrected chi connectivity index (χ4v) is 2.48. The van der Waals surface area contributed by atoms with Crippen molar-refractivity contribution in [2.24, 2.45) is 0 Å². The second-order valence-electron chi connectivity index (χ2n) is 4.68. The summed E-state index contributed by atoms with van der Waals surface area (Å²) in [7, 11) is 1.62. The lowest BCUT2D eigenvalue weighted by molar-refractivity contribution is 0.104. The Bertz CT molecular complexity index is 657. The number of carbonyl (C=O) groups excluding carboxylic acids is 1. The van der Waals surface area contributed by atoms with Gasteiger partial charge in [0.25, 0.3) is 0 Å². The van der Waals surface area contributed by atoms with Crippen molar-refractivity contribution < 1.29 is 9.53 Å². The summed E-state index contributed by atoms with van der Waals surface area (Å²) in [5.74, 6) is 0.707. The van der Waals surface area contributed by atoms with Gasteiger partial charge < -0.3 is 4.74 Å². The molecule has 0 heterocycles. The number of thioether (sulfide) groups is 1. The molecular formula is C18H18O2S. The second-order valence-corrected chi connectivity index (χ2v) is 5.53. The summed E-state index contributed by atoms with van der Waals surface area (Å²) in [5, 5.41) is 0. The van der Waals surface area contributed by atoms with E-state index in [1.807, 2.05) is 55.7 Å². The molecule has 0 fully saturated rings. The smallest absolute Gasteiger partial charge is 0.185 e. The predicted molar refractivity (Wildman–Crippen MR) is 89.3 cm³/mol. The Morgan fingerprint density at radius 2 is 1.86 bits per heavy atom. The molecule has 0 saturated carbocycles. The van der Waals surface area contributed by atoms with Crippen LogP contribution in [-0.4, -0.2) is 19.1 Å². The number of methoxy groups -OCH3 is 1. The van der Waals surface area contributed by atoms with E-state index in [1.165, 1.54) is 5.56 Å². The van der Waals surface area contributed by atoms with Crippen LogP contribution in [0.3, 0.4) is 0 Å². The van der Waals surface area contributed by atoms with Gasteiger partial charge in [0.15, 0.2) is 5.78 Å². The molecule has 0 unspecified atom stereocenters. The van der Waals surface area contributed by atoms with Gasteiger partial charge in [0.05, 0.1) is 7.11 Å². The van der Waals surface area contributed by atoms with Gasteiger partial charge in [-0.25, -0.2) is 0 Å². The molecule has 0 spiro atoms. The van der Waals surface area contributed by atoms with Gasteiger partial charge >= 0.3 is 0 Å². The maximum Gasteiger partial charge on any atom is 0.185 e. The Labute approximate surface area is 129 Å². The van der Waals surface area contributed by atoms with Gasteiger partial charge in [-0.05, 0) is 43.0 Å². The zero-order chi connectivity index (χ0) is 15.2. The van der Waals surface area contributed by atoms with Gasteiger partial charge in [-0.2, -0.15) is 0 Å². The number of ketones is 1. The topological polar surface area (TPSA) is 26.3 Å². The lowest BCUT2D eigenvalue weighted by Gasteiger charge is -2.07. The minimum absolute atomic E-state index is 0.0264. The van der Waals surface area contributed by atoms with Crippen molar-refractivity contribution in [2.75, 3.05) is 13.4 Å². The molecule has 2 aromatic carbocycles. The highest BCUT2D eigenvalue weighted by Crippen LogP contribution is 2.28. The average molecular weight is 298 g/mol. The van der Waals surface area contributed by atoms with Gasteiger partial charge in [0.1, 0.15) is 5.75 Å². The standard InChI is InChI=1S/C18H18O2S/c1-13-4-6-14(7-5-13)8-10-16(19)15-9-11-18(21-3)17(12-15)20-2/h4-12H,1-3H3/b10-8+. The average Bonchev–Trinajstić information content (AvgIpc) is 2.53. The summed E-state index contributed by atoms with van der Waals surface area (Å²) in [4.78, 5) is 13.2. The lowest BCUT2D eigenvalue weighted by atomic mass is 10.1. The Hall–Kier alpha value is -2.00. The van der Waals surface area contributed by atoms with Gasteiger partial charge in [0.2, 0.25) is 0 Å². The molecule has 0 bridgehead atoms. The van der Waals surface area contributed by atoms with Crippen LogP contribution in [0.25, 0.3) is 6.08 Å². The number of benzene rings is 2. The van der Waals surface area contributed by atoms with Gasteiger partial charge in [0, 0.05) is 10.5 Å². The molecule has 0 saturated heterocycles. The van der Waals surface area contributed by atoms with Crippen molar-refractivity contribution in [3.05, 3.63) is 65.2 Å². The minimum atomic E-state index is -0.0264. The zero-order valence-corrected chi connectivity index (χ0v) is 13.2. The highest BCUT2D eigenvalue weighted by atomic mass is 32.2. The summed E-state index contributed by atoms with van der Waals surface area (Å²) in [6, 6.07) is 13.6. The van der Waals surface area contributed by atoms with Crippen LogP contribution in [0.1, 0.15) is 21.5 Å². The summed E-state index contributed by atoms with van der Waals surface area (Å²) in [6.07, 6.45) is 5.41. The first-order valence-electron chi connectivity index (χ1n) is 6.65. The number of allylic oxidation sites excluding steroid dienone is 1. The van der Waals surface area contributed by atoms with E-state index in [4.69, 9.17) is 4.74 Å². The van der Waals surface area contributed by atoms with Crippen LogP contribution in [0.15, 0.2) is 53.4 Å². The number of aryl methyl sites for hydroxylation is 1. The number of hydrogen-bond acceptors (Lipinski definition) is 3. The van der Waals surface area contributed by atoms with Crippen LogP contribution in [0.4, 0.5) is 0 Å². The summed E-state index contributed by atoms with van der Waals surface area (Å²) >= 11 is 1.60. The van der Waals surface area contributed by atoms with Crippen LogP contribution < -0.4 is 4.74 Å². The van der Waals surface area contributed by atoms with E-state index in [9.17, 15) is 4.79 Å². The maximum atomic E-state index is 12.2. The van der Waals surface area contributed by atoms with Crippen molar-refractivity contribution in [3.8, 4) is 5.75 Å². The highest BCUT2D eigenvalue weighted by Gasteiger charge is 2.07. The number of ether oxygens (including phenoxy) is 1. The number of carbonyl (C=O) groups is 1. The monoisotopic (exact) mass is 298 g/mol. The van der Waals surface area contributed by atoms with Crippen molar-refractivity contribution in [1.29, 1.82) is 0 Å². The summed E-state index contributed by atoms with van der Waals surface area (Å²) < 4.78 is 5.31. The van der Waals surface area contributed by atoms with Crippen molar-refractivity contribution in [1.82, 2.24) is 0 Å². The van der Waals surface area contributed by atoms with E-state index >= 15 is 0 Å². The molecular weight excluding hydrogens is 280 g/mol. The SMILES string of the molecule is COc1cc(C(=O)/C=C/c2ccc(C)cc2)ccc1SC. The first kappa shape index (κ1) is 15.4. The molecule has 108 valence electrons. The van der Waals surface area contributed by atoms with Crippen molar-refractivity contribution in [3.63, 3.8) is 0 Å². The Balaban J connectivity index is 2.18. The van der Waals surface area contributed by atoms with E-state index in [2.05, 4.69) is 0 Å². The molecule has 3 heteroatoms. The van der Waals surface area contributed by atoms with Crippen molar-refractivity contribution in [2.45, 2.75) is 11.8 Å². The predicted octanol–water partition coefficient (Wildman–Crippen LogP) is 4.62. The molecule has 0 aromatic heterocycles. The van der Waals surface area contributed by atoms with Crippen LogP contribution in [0.5, 0.6) is 5.75 Å². The number of hydrogen-bond donors (Lipinski definition) is 0. The second kappa shape index (κ2) is 7.14. The molecule has 0 N–H and O–H groups in total. The summed E-state index contributed by atoms with van der Waals surface area (Å²) in [6.45, 7) is 2.04. The zero-order valence-electron chi connectivity index (χ0n) is 12.4. The normalized spacial score (nSPS) is 10.8. The third kappa shape index (κ3) is 3.99. The van der Waals surface area contributed by atoms with E-state index in [0.29, 0.717) is 5.56 Å². The summed E-state index contributed by atoms with van der Waals surface area (Å²) in [5.41, 5.74) is 2.85. The maximum absolute atomic E-state index is 12.2. The molecule has 0 amide bonds. The van der Waals surface area contributed by atoms with Crippen molar-refractivity contribution >= 4 is 23.6 Å². The molecule has 0 aliphatic carbocycles. The van der Waals surface area contributed by atoms with Crippen LogP contribution in [0, 0.1) is 6.92 Å². The molecule has 0 atom stereocenters. The molecule has 2 nitrogen and oxygen atoms in total. The Morgan fingerprint density at radius 1 is 1.14 bits per heavy atom. The number of rotatable bonds is 5. The van der Waals surface area contributed by atoms with Crippen LogP contribution in [-0.2, 0) is 0 Å². The minimum Gasteiger partial charge on any atom is -0.496 e. The molecule has 0 aliphatic heterocycles. The van der Waals surface area contributed by atoms with E-state index in [1.54, 1.807) is 31.0 Å². The highest BCUT2D eigenvalue weighted by molar-refractivity contribution is 7.98. The fourth-order valence-electron chi connectivity index (χ4n) is 1.94. The van der Waals surface area contributed by atoms with E-state index < -0.39 is 0 Å².